The number of hydrogen-bond donors (Lipinski definition) is 1. The van der Waals surface area contributed by atoms with E-state index in [1.165, 1.54) is 0 Å². The van der Waals surface area contributed by atoms with Gasteiger partial charge in [-0.1, -0.05) is 6.92 Å². The molecule has 38 valence electrons. The summed E-state index contributed by atoms with van der Waals surface area (Å²) in [6.07, 6.45) is 0.222. The van der Waals surface area contributed by atoms with E-state index in [1.807, 2.05) is 0 Å². The second-order valence-corrected chi connectivity index (χ2v) is 0.747. The van der Waals surface area contributed by atoms with Crippen LogP contribution < -0.4 is 42.0 Å². The van der Waals surface area contributed by atoms with Crippen molar-refractivity contribution in [1.82, 2.24) is 0 Å². The van der Waals surface area contributed by atoms with Gasteiger partial charge in [0.1, 0.15) is 0 Å². The molecule has 0 bridgehead atoms. The van der Waals surface area contributed by atoms with E-state index in [-0.39, 0.29) is 48.4 Å². The molecule has 0 aromatic heterocycles. The number of carboxylic acids is 1. The second kappa shape index (κ2) is 9.90. The molecule has 0 rings (SSSR count). The third kappa shape index (κ3) is 20.1. The van der Waals surface area contributed by atoms with Gasteiger partial charge in [-0.15, -0.1) is 0 Å². The van der Waals surface area contributed by atoms with Gasteiger partial charge in [-0.3, -0.25) is 4.79 Å². The van der Waals surface area contributed by atoms with Crippen molar-refractivity contribution in [2.75, 3.05) is 0 Å². The molecule has 7 heavy (non-hydrogen) atoms. The fourth-order valence-electron chi connectivity index (χ4n) is 0. The van der Waals surface area contributed by atoms with Crippen LogP contribution in [-0.4, -0.2) is 11.1 Å². The first-order chi connectivity index (χ1) is 2.27. The van der Waals surface area contributed by atoms with Crippen LogP contribution in [0.5, 0.6) is 0 Å². The van der Waals surface area contributed by atoms with Crippen LogP contribution in [0.2, 0.25) is 0 Å². The molecule has 0 aliphatic rings. The normalized spacial score (nSPS) is 5.29. The van der Waals surface area contributed by atoms with Crippen molar-refractivity contribution in [1.29, 1.82) is 0 Å². The van der Waals surface area contributed by atoms with Gasteiger partial charge in [-0.05, 0) is 0 Å². The standard InChI is InChI=1S/C3H6O2.ClH.Na/c1-2-3(4)5;;/h2H2,1H3,(H,4,5);1H;/q;;+1/p-1. The van der Waals surface area contributed by atoms with E-state index in [0.29, 0.717) is 0 Å². The van der Waals surface area contributed by atoms with Crippen LogP contribution in [0.25, 0.3) is 0 Å². The number of aliphatic carboxylic acids is 1. The minimum absolute atomic E-state index is 0. The topological polar surface area (TPSA) is 37.3 Å². The third-order valence-corrected chi connectivity index (χ3v) is 0.302. The van der Waals surface area contributed by atoms with Crippen molar-refractivity contribution in [2.45, 2.75) is 13.3 Å². The Balaban J connectivity index is -0.0000000800. The SMILES string of the molecule is CCC(=O)O.[Cl-].[Na+]. The molecule has 0 radical (unpaired) electrons. The van der Waals surface area contributed by atoms with Gasteiger partial charge in [0, 0.05) is 6.42 Å². The molecular formula is C3H6ClNaO2. The summed E-state index contributed by atoms with van der Waals surface area (Å²) in [5.74, 6) is -0.745. The van der Waals surface area contributed by atoms with Crippen LogP contribution in [0, 0.1) is 0 Å². The predicted molar refractivity (Wildman–Crippen MR) is 17.9 cm³/mol. The third-order valence-electron chi connectivity index (χ3n) is 0.302. The molecule has 0 unspecified atom stereocenters. The van der Waals surface area contributed by atoms with E-state index in [4.69, 9.17) is 5.11 Å². The van der Waals surface area contributed by atoms with Gasteiger partial charge >= 0.3 is 35.5 Å². The Morgan fingerprint density at radius 1 is 1.71 bits per heavy atom. The van der Waals surface area contributed by atoms with Crippen molar-refractivity contribution >= 4 is 5.97 Å². The molecule has 0 fully saturated rings. The first kappa shape index (κ1) is 15.7. The van der Waals surface area contributed by atoms with E-state index in [1.54, 1.807) is 6.92 Å². The molecule has 0 aliphatic carbocycles. The molecule has 2 nitrogen and oxygen atoms in total. The van der Waals surface area contributed by atoms with Crippen LogP contribution >= 0.6 is 0 Å². The van der Waals surface area contributed by atoms with E-state index >= 15 is 0 Å². The summed E-state index contributed by atoms with van der Waals surface area (Å²) < 4.78 is 0. The molecule has 4 heteroatoms. The molecule has 0 aromatic rings. The molecule has 0 aliphatic heterocycles. The Bertz CT molecular complexity index is 48.2. The molecule has 0 spiro atoms. The van der Waals surface area contributed by atoms with E-state index in [0.717, 1.165) is 0 Å². The van der Waals surface area contributed by atoms with Gasteiger partial charge in [0.25, 0.3) is 0 Å². The number of carbonyl (C=O) groups is 1. The first-order valence-electron chi connectivity index (χ1n) is 1.49. The minimum Gasteiger partial charge on any atom is -1.00 e. The quantitative estimate of drug-likeness (QED) is 0.362. The van der Waals surface area contributed by atoms with Crippen molar-refractivity contribution in [3.63, 3.8) is 0 Å². The van der Waals surface area contributed by atoms with Crippen molar-refractivity contribution in [3.05, 3.63) is 0 Å². The van der Waals surface area contributed by atoms with Crippen LogP contribution in [0.4, 0.5) is 0 Å². The van der Waals surface area contributed by atoms with Crippen LogP contribution in [0.15, 0.2) is 0 Å². The van der Waals surface area contributed by atoms with E-state index in [2.05, 4.69) is 0 Å². The van der Waals surface area contributed by atoms with Gasteiger partial charge in [0.2, 0.25) is 0 Å². The van der Waals surface area contributed by atoms with Gasteiger partial charge < -0.3 is 17.5 Å². The zero-order valence-corrected chi connectivity index (χ0v) is 7.20. The number of carboxylic acid groups (broad SMARTS) is 1. The van der Waals surface area contributed by atoms with Crippen LogP contribution in [0.3, 0.4) is 0 Å². The van der Waals surface area contributed by atoms with Crippen LogP contribution in [-0.2, 0) is 4.79 Å². The molecule has 0 saturated heterocycles. The molecule has 0 amide bonds. The maximum absolute atomic E-state index is 9.37. The summed E-state index contributed by atoms with van der Waals surface area (Å²) >= 11 is 0. The zero-order valence-electron chi connectivity index (χ0n) is 4.44. The molecule has 0 atom stereocenters. The van der Waals surface area contributed by atoms with Gasteiger partial charge in [-0.2, -0.15) is 0 Å². The zero-order chi connectivity index (χ0) is 4.28. The smallest absolute Gasteiger partial charge is 1.00 e. The van der Waals surface area contributed by atoms with Gasteiger partial charge in [0.15, 0.2) is 0 Å². The Labute approximate surface area is 71.0 Å². The fourth-order valence-corrected chi connectivity index (χ4v) is 0. The monoisotopic (exact) mass is 132 g/mol. The summed E-state index contributed by atoms with van der Waals surface area (Å²) in [5, 5.41) is 7.72. The maximum Gasteiger partial charge on any atom is 1.00 e. The molecule has 0 aromatic carbocycles. The summed E-state index contributed by atoms with van der Waals surface area (Å²) in [4.78, 5) is 9.37. The van der Waals surface area contributed by atoms with E-state index < -0.39 is 5.97 Å². The van der Waals surface area contributed by atoms with E-state index in [9.17, 15) is 4.79 Å². The summed E-state index contributed by atoms with van der Waals surface area (Å²) in [6.45, 7) is 1.60. The van der Waals surface area contributed by atoms with Crippen LogP contribution in [0.1, 0.15) is 13.3 Å². The second-order valence-electron chi connectivity index (χ2n) is 0.747. The van der Waals surface area contributed by atoms with Gasteiger partial charge in [0.05, 0.1) is 0 Å². The minimum atomic E-state index is -0.745. The predicted octanol–water partition coefficient (Wildman–Crippen LogP) is -5.51. The largest absolute Gasteiger partial charge is 1.00 e. The average Bonchev–Trinajstić information content (AvgIpc) is 1.38. The molecule has 0 saturated carbocycles. The van der Waals surface area contributed by atoms with Crippen molar-refractivity contribution in [3.8, 4) is 0 Å². The summed E-state index contributed by atoms with van der Waals surface area (Å²) in [6, 6.07) is 0. The Hall–Kier alpha value is 0.760. The Morgan fingerprint density at radius 2 is 1.86 bits per heavy atom. The van der Waals surface area contributed by atoms with Crippen molar-refractivity contribution in [2.24, 2.45) is 0 Å². The Kier molecular flexibility index (Phi) is 22.1. The number of hydrogen-bond acceptors (Lipinski definition) is 1. The number of halogens is 1. The maximum atomic E-state index is 9.37. The summed E-state index contributed by atoms with van der Waals surface area (Å²) in [7, 11) is 0. The summed E-state index contributed by atoms with van der Waals surface area (Å²) in [5.41, 5.74) is 0. The first-order valence-corrected chi connectivity index (χ1v) is 1.49. The fraction of sp³-hybridized carbons (Fsp3) is 0.667. The Morgan fingerprint density at radius 3 is 1.86 bits per heavy atom. The molecule has 1 N–H and O–H groups in total. The van der Waals surface area contributed by atoms with Gasteiger partial charge in [-0.25, -0.2) is 0 Å². The number of rotatable bonds is 1. The average molecular weight is 133 g/mol. The van der Waals surface area contributed by atoms with Crippen molar-refractivity contribution < 1.29 is 51.9 Å². The molecular weight excluding hydrogens is 126 g/mol. The molecule has 0 heterocycles.